The monoisotopic (exact) mass is 531 g/mol. The number of nitrogens with one attached hydrogen (secondary N) is 1. The highest BCUT2D eigenvalue weighted by atomic mass is 19.4. The number of aromatic nitrogens is 1. The molecule has 0 saturated carbocycles. The molecule has 3 aromatic carbocycles. The van der Waals surface area contributed by atoms with Crippen molar-refractivity contribution in [3.8, 4) is 16.9 Å². The molecular formula is C30H24F3N3O3. The Morgan fingerprint density at radius 1 is 0.974 bits per heavy atom. The van der Waals surface area contributed by atoms with Crippen LogP contribution < -0.4 is 15.0 Å². The van der Waals surface area contributed by atoms with Gasteiger partial charge in [0.05, 0.1) is 16.8 Å². The third kappa shape index (κ3) is 4.95. The van der Waals surface area contributed by atoms with E-state index < -0.39 is 28.8 Å². The number of nitrogens with zero attached hydrogens (tertiary/aromatic N) is 2. The first kappa shape index (κ1) is 26.0. The van der Waals surface area contributed by atoms with Gasteiger partial charge in [-0.3, -0.25) is 14.5 Å². The highest BCUT2D eigenvalue weighted by Crippen LogP contribution is 2.47. The Labute approximate surface area is 223 Å². The Bertz CT molecular complexity index is 1570. The van der Waals surface area contributed by atoms with Crippen LogP contribution in [0, 0.1) is 6.92 Å². The van der Waals surface area contributed by atoms with Crippen LogP contribution in [0.3, 0.4) is 0 Å². The maximum absolute atomic E-state index is 13.9. The zero-order valence-electron chi connectivity index (χ0n) is 21.3. The summed E-state index contributed by atoms with van der Waals surface area (Å²) < 4.78 is 47.9. The van der Waals surface area contributed by atoms with Crippen molar-refractivity contribution in [3.05, 3.63) is 102 Å². The maximum atomic E-state index is 13.9. The minimum Gasteiger partial charge on any atom is -0.475 e. The van der Waals surface area contributed by atoms with Crippen LogP contribution in [0.2, 0.25) is 0 Å². The largest absolute Gasteiger partial charge is 0.475 e. The minimum absolute atomic E-state index is 0.289. The number of carbonyl (C=O) groups is 2. The molecule has 1 aliphatic rings. The van der Waals surface area contributed by atoms with E-state index in [-0.39, 0.29) is 11.7 Å². The van der Waals surface area contributed by atoms with Crippen molar-refractivity contribution < 1.29 is 27.5 Å². The second kappa shape index (κ2) is 9.58. The highest BCUT2D eigenvalue weighted by Gasteiger charge is 2.43. The average molecular weight is 532 g/mol. The number of aryl methyl sites for hydroxylation is 1. The number of anilines is 3. The fraction of sp³-hybridized carbons (Fsp3) is 0.167. The molecule has 198 valence electrons. The number of fused-ring (bicyclic) bond motifs is 1. The number of hydrogen-bond acceptors (Lipinski definition) is 4. The Morgan fingerprint density at radius 2 is 1.72 bits per heavy atom. The standard InChI is InChI=1S/C30H24F3N3O3/c1-18-10-13-20(14-11-18)35-27(37)22-17-19(12-15-23(22)30(31,32)33)21-7-6-8-24-26(21)39-29(2,3)28(38)36(24)25-9-4-5-16-34-25/h4-17H,1-3H3,(H,35,37). The third-order valence-corrected chi connectivity index (χ3v) is 6.38. The Balaban J connectivity index is 1.64. The smallest absolute Gasteiger partial charge is 0.417 e. The van der Waals surface area contributed by atoms with Gasteiger partial charge in [0.1, 0.15) is 5.82 Å². The fourth-order valence-corrected chi connectivity index (χ4v) is 4.41. The van der Waals surface area contributed by atoms with Gasteiger partial charge in [0, 0.05) is 17.4 Å². The lowest BCUT2D eigenvalue weighted by molar-refractivity contribution is -0.138. The number of para-hydroxylation sites is 1. The highest BCUT2D eigenvalue weighted by molar-refractivity contribution is 6.09. The lowest BCUT2D eigenvalue weighted by atomic mass is 9.95. The van der Waals surface area contributed by atoms with Gasteiger partial charge < -0.3 is 10.1 Å². The summed E-state index contributed by atoms with van der Waals surface area (Å²) in [4.78, 5) is 32.2. The summed E-state index contributed by atoms with van der Waals surface area (Å²) in [7, 11) is 0. The van der Waals surface area contributed by atoms with E-state index in [9.17, 15) is 22.8 Å². The first-order valence-corrected chi connectivity index (χ1v) is 12.1. The summed E-state index contributed by atoms with van der Waals surface area (Å²) in [5.74, 6) is -0.582. The number of alkyl halides is 3. The van der Waals surface area contributed by atoms with E-state index >= 15 is 0 Å². The Kier molecular flexibility index (Phi) is 6.38. The van der Waals surface area contributed by atoms with E-state index in [2.05, 4.69) is 10.3 Å². The molecule has 0 saturated heterocycles. The summed E-state index contributed by atoms with van der Waals surface area (Å²) in [5, 5.41) is 2.56. The van der Waals surface area contributed by atoms with Gasteiger partial charge in [0.15, 0.2) is 11.4 Å². The molecule has 4 aromatic rings. The van der Waals surface area contributed by atoms with Crippen molar-refractivity contribution in [2.24, 2.45) is 0 Å². The van der Waals surface area contributed by atoms with Gasteiger partial charge in [-0.1, -0.05) is 42.0 Å². The van der Waals surface area contributed by atoms with Crippen LogP contribution in [0.5, 0.6) is 5.75 Å². The number of pyridine rings is 1. The number of carbonyl (C=O) groups excluding carboxylic acids is 2. The van der Waals surface area contributed by atoms with E-state index in [0.29, 0.717) is 28.3 Å². The molecule has 0 spiro atoms. The van der Waals surface area contributed by atoms with Crippen LogP contribution in [0.25, 0.3) is 11.1 Å². The first-order chi connectivity index (χ1) is 18.5. The molecule has 0 unspecified atom stereocenters. The molecule has 1 N–H and O–H groups in total. The molecular weight excluding hydrogens is 507 g/mol. The first-order valence-electron chi connectivity index (χ1n) is 12.1. The zero-order chi connectivity index (χ0) is 27.9. The molecule has 0 aliphatic carbocycles. The summed E-state index contributed by atoms with van der Waals surface area (Å²) in [5.41, 5.74) is -0.443. The lowest BCUT2D eigenvalue weighted by Crippen LogP contribution is -2.50. The number of halogens is 3. The SMILES string of the molecule is Cc1ccc(NC(=O)c2cc(-c3cccc4c3OC(C)(C)C(=O)N4c3ccccn3)ccc2C(F)(F)F)cc1. The van der Waals surface area contributed by atoms with Gasteiger partial charge in [-0.05, 0) is 68.8 Å². The average Bonchev–Trinajstić information content (AvgIpc) is 2.90. The van der Waals surface area contributed by atoms with Crippen molar-refractivity contribution in [2.75, 3.05) is 10.2 Å². The van der Waals surface area contributed by atoms with Crippen LogP contribution in [-0.4, -0.2) is 22.4 Å². The van der Waals surface area contributed by atoms with E-state index in [0.717, 1.165) is 11.6 Å². The van der Waals surface area contributed by atoms with Crippen molar-refractivity contribution in [1.82, 2.24) is 4.98 Å². The second-order valence-corrected chi connectivity index (χ2v) is 9.67. The summed E-state index contributed by atoms with van der Waals surface area (Å²) in [6.45, 7) is 5.08. The zero-order valence-corrected chi connectivity index (χ0v) is 21.3. The summed E-state index contributed by atoms with van der Waals surface area (Å²) >= 11 is 0. The van der Waals surface area contributed by atoms with Crippen LogP contribution >= 0.6 is 0 Å². The van der Waals surface area contributed by atoms with Gasteiger partial charge in [0.25, 0.3) is 11.8 Å². The van der Waals surface area contributed by atoms with Crippen LogP contribution in [0.4, 0.5) is 30.4 Å². The minimum atomic E-state index is -4.75. The van der Waals surface area contributed by atoms with Crippen LogP contribution in [-0.2, 0) is 11.0 Å². The quantitative estimate of drug-likeness (QED) is 0.303. The van der Waals surface area contributed by atoms with Gasteiger partial charge >= 0.3 is 6.18 Å². The Morgan fingerprint density at radius 3 is 2.38 bits per heavy atom. The number of amides is 2. The molecule has 0 atom stereocenters. The molecule has 2 amide bonds. The van der Waals surface area contributed by atoms with E-state index in [1.54, 1.807) is 80.7 Å². The van der Waals surface area contributed by atoms with Gasteiger partial charge in [-0.2, -0.15) is 13.2 Å². The van der Waals surface area contributed by atoms with Crippen molar-refractivity contribution in [3.63, 3.8) is 0 Å². The summed E-state index contributed by atoms with van der Waals surface area (Å²) in [6.07, 6.45) is -3.20. The number of rotatable bonds is 4. The molecule has 5 rings (SSSR count). The van der Waals surface area contributed by atoms with Crippen LogP contribution in [0.15, 0.2) is 85.1 Å². The lowest BCUT2D eigenvalue weighted by Gasteiger charge is -2.39. The molecule has 1 aromatic heterocycles. The van der Waals surface area contributed by atoms with E-state index in [4.69, 9.17) is 4.74 Å². The predicted octanol–water partition coefficient (Wildman–Crippen LogP) is 7.16. The molecule has 9 heteroatoms. The van der Waals surface area contributed by atoms with Crippen molar-refractivity contribution in [2.45, 2.75) is 32.5 Å². The maximum Gasteiger partial charge on any atom is 0.417 e. The topological polar surface area (TPSA) is 71.5 Å². The number of hydrogen-bond donors (Lipinski definition) is 1. The van der Waals surface area contributed by atoms with Gasteiger partial charge in [-0.15, -0.1) is 0 Å². The third-order valence-electron chi connectivity index (χ3n) is 6.38. The second-order valence-electron chi connectivity index (χ2n) is 9.67. The molecule has 6 nitrogen and oxygen atoms in total. The van der Waals surface area contributed by atoms with Crippen molar-refractivity contribution in [1.29, 1.82) is 0 Å². The molecule has 0 radical (unpaired) electrons. The van der Waals surface area contributed by atoms with E-state index in [1.807, 2.05) is 6.92 Å². The van der Waals surface area contributed by atoms with Crippen LogP contribution in [0.1, 0.15) is 35.3 Å². The molecule has 0 fully saturated rings. The predicted molar refractivity (Wildman–Crippen MR) is 142 cm³/mol. The normalized spacial score (nSPS) is 14.4. The molecule has 0 bridgehead atoms. The molecule has 39 heavy (non-hydrogen) atoms. The van der Waals surface area contributed by atoms with Crippen molar-refractivity contribution >= 4 is 29.0 Å². The summed E-state index contributed by atoms with van der Waals surface area (Å²) in [6, 6.07) is 20.3. The van der Waals surface area contributed by atoms with Gasteiger partial charge in [0.2, 0.25) is 0 Å². The van der Waals surface area contributed by atoms with Gasteiger partial charge in [-0.25, -0.2) is 4.98 Å². The fourth-order valence-electron chi connectivity index (χ4n) is 4.41. The molecule has 1 aliphatic heterocycles. The Hall–Kier alpha value is -4.66. The van der Waals surface area contributed by atoms with E-state index in [1.165, 1.54) is 17.0 Å². The number of benzene rings is 3. The molecule has 2 heterocycles. The number of ether oxygens (including phenoxy) is 1.